The number of nitrogens with zero attached hydrogens (tertiary/aromatic N) is 6. The summed E-state index contributed by atoms with van der Waals surface area (Å²) in [5.74, 6) is -1.49. The van der Waals surface area contributed by atoms with Crippen LogP contribution in [0.25, 0.3) is 5.69 Å². The van der Waals surface area contributed by atoms with E-state index in [2.05, 4.69) is 56.5 Å². The average Bonchev–Trinajstić information content (AvgIpc) is 3.53. The first-order valence-corrected chi connectivity index (χ1v) is 15.6. The Morgan fingerprint density at radius 1 is 1.13 bits per heavy atom. The number of rotatable bonds is 9. The van der Waals surface area contributed by atoms with Crippen LogP contribution in [-0.4, -0.2) is 108 Å². The molecule has 0 unspecified atom stereocenters. The summed E-state index contributed by atoms with van der Waals surface area (Å²) >= 11 is 6.38. The van der Waals surface area contributed by atoms with E-state index in [0.29, 0.717) is 17.9 Å². The third kappa shape index (κ3) is 7.38. The first-order valence-electron chi connectivity index (χ1n) is 15.2. The van der Waals surface area contributed by atoms with Crippen LogP contribution in [0.4, 0.5) is 21.5 Å². The summed E-state index contributed by atoms with van der Waals surface area (Å²) in [6, 6.07) is 7.34. The van der Waals surface area contributed by atoms with Gasteiger partial charge in [0.05, 0.1) is 52.7 Å². The van der Waals surface area contributed by atoms with Crippen LogP contribution in [0.15, 0.2) is 30.5 Å². The Hall–Kier alpha value is -3.78. The van der Waals surface area contributed by atoms with E-state index in [0.717, 1.165) is 58.0 Å². The van der Waals surface area contributed by atoms with E-state index in [4.69, 9.17) is 22.1 Å². The van der Waals surface area contributed by atoms with Crippen molar-refractivity contribution in [3.05, 3.63) is 58.1 Å². The molecule has 242 valence electrons. The molecule has 5 rings (SSSR count). The number of morpholine rings is 1. The van der Waals surface area contributed by atoms with E-state index >= 15 is 0 Å². The highest BCUT2D eigenvalue weighted by molar-refractivity contribution is 6.35. The molecule has 2 saturated heterocycles. The fourth-order valence-corrected chi connectivity index (χ4v) is 5.93. The first kappa shape index (κ1) is 32.6. The molecule has 2 amide bonds. The van der Waals surface area contributed by atoms with Crippen molar-refractivity contribution in [2.45, 2.75) is 39.3 Å². The standard InChI is InChI=1S/C31H41ClFN9O3/c1-19-16-41(17-20(2)39(19)4)27-7-6-22(14-25(27)36-30(43)23-15-24(34)29(33)21(3)28(23)32)42-18-26(37-38-42)31(44)35-8-5-9-40-10-12-45-13-11-40/h6-7,14-15,18-20H,5,8-13,16-17,34H2,1-4H3,(H,35,44)(H,36,43)/t19-,20+. The summed E-state index contributed by atoms with van der Waals surface area (Å²) in [5, 5.41) is 14.1. The third-order valence-corrected chi connectivity index (χ3v) is 9.14. The smallest absolute Gasteiger partial charge is 0.273 e. The van der Waals surface area contributed by atoms with Crippen molar-refractivity contribution in [1.29, 1.82) is 0 Å². The van der Waals surface area contributed by atoms with Gasteiger partial charge in [0.2, 0.25) is 0 Å². The van der Waals surface area contributed by atoms with Gasteiger partial charge in [0, 0.05) is 50.4 Å². The minimum Gasteiger partial charge on any atom is -0.396 e. The van der Waals surface area contributed by atoms with Gasteiger partial charge >= 0.3 is 0 Å². The number of anilines is 3. The number of nitrogens with one attached hydrogen (secondary N) is 2. The highest BCUT2D eigenvalue weighted by Crippen LogP contribution is 2.33. The molecule has 2 aliphatic heterocycles. The zero-order valence-electron chi connectivity index (χ0n) is 26.1. The quantitative estimate of drug-likeness (QED) is 0.238. The molecule has 0 bridgehead atoms. The Labute approximate surface area is 267 Å². The number of ether oxygens (including phenoxy) is 1. The molecule has 3 heterocycles. The Balaban J connectivity index is 1.36. The maximum absolute atomic E-state index is 14.3. The number of carbonyl (C=O) groups is 2. The Bertz CT molecular complexity index is 1530. The molecular formula is C31H41ClFN9O3. The number of benzene rings is 2. The molecule has 4 N–H and O–H groups in total. The van der Waals surface area contributed by atoms with Crippen molar-refractivity contribution >= 4 is 40.5 Å². The molecule has 0 aliphatic carbocycles. The zero-order valence-corrected chi connectivity index (χ0v) is 26.9. The van der Waals surface area contributed by atoms with Crippen LogP contribution < -0.4 is 21.3 Å². The topological polar surface area (TPSA) is 134 Å². The number of hydrogen-bond donors (Lipinski definition) is 3. The maximum atomic E-state index is 14.3. The van der Waals surface area contributed by atoms with Gasteiger partial charge in [-0.05, 0) is 65.0 Å². The molecule has 0 radical (unpaired) electrons. The highest BCUT2D eigenvalue weighted by Gasteiger charge is 2.29. The molecule has 1 aromatic heterocycles. The van der Waals surface area contributed by atoms with E-state index in [1.807, 2.05) is 12.1 Å². The SMILES string of the molecule is Cc1c(F)c(N)cc(C(=O)Nc2cc(-n3cc(C(=O)NCCCN4CCOCC4)nn3)ccc2N2C[C@@H](C)N(C)[C@@H](C)C2)c1Cl. The van der Waals surface area contributed by atoms with E-state index in [1.54, 1.807) is 12.3 Å². The molecular weight excluding hydrogens is 601 g/mol. The van der Waals surface area contributed by atoms with E-state index in [1.165, 1.54) is 17.7 Å². The molecule has 3 aromatic rings. The number of piperazine rings is 1. The molecule has 45 heavy (non-hydrogen) atoms. The van der Waals surface area contributed by atoms with Crippen molar-refractivity contribution in [3.8, 4) is 5.69 Å². The average molecular weight is 642 g/mol. The van der Waals surface area contributed by atoms with E-state index in [9.17, 15) is 14.0 Å². The molecule has 0 saturated carbocycles. The van der Waals surface area contributed by atoms with Crippen LogP contribution in [0.3, 0.4) is 0 Å². The Morgan fingerprint density at radius 3 is 2.56 bits per heavy atom. The Morgan fingerprint density at radius 2 is 1.84 bits per heavy atom. The monoisotopic (exact) mass is 641 g/mol. The van der Waals surface area contributed by atoms with Crippen molar-refractivity contribution in [1.82, 2.24) is 30.1 Å². The number of nitrogen functional groups attached to an aromatic ring is 1. The number of aromatic nitrogens is 3. The van der Waals surface area contributed by atoms with Crippen molar-refractivity contribution in [3.63, 3.8) is 0 Å². The number of likely N-dealkylation sites (N-methyl/N-ethyl adjacent to an activating group) is 1. The van der Waals surface area contributed by atoms with Gasteiger partial charge in [-0.3, -0.25) is 19.4 Å². The minimum absolute atomic E-state index is 0.00405. The number of carbonyl (C=O) groups excluding carboxylic acids is 2. The first-order chi connectivity index (χ1) is 21.5. The third-order valence-electron chi connectivity index (χ3n) is 8.65. The summed E-state index contributed by atoms with van der Waals surface area (Å²) in [7, 11) is 2.10. The van der Waals surface area contributed by atoms with Gasteiger partial charge in [-0.25, -0.2) is 9.07 Å². The second-order valence-electron chi connectivity index (χ2n) is 11.8. The van der Waals surface area contributed by atoms with Gasteiger partial charge in [0.1, 0.15) is 0 Å². The summed E-state index contributed by atoms with van der Waals surface area (Å²) in [6.07, 6.45) is 2.37. The summed E-state index contributed by atoms with van der Waals surface area (Å²) < 4.78 is 21.2. The second-order valence-corrected chi connectivity index (χ2v) is 12.2. The van der Waals surface area contributed by atoms with Crippen molar-refractivity contribution < 1.29 is 18.7 Å². The fourth-order valence-electron chi connectivity index (χ4n) is 5.71. The lowest BCUT2D eigenvalue weighted by atomic mass is 10.1. The predicted octanol–water partition coefficient (Wildman–Crippen LogP) is 3.18. The molecule has 12 nitrogen and oxygen atoms in total. The lowest BCUT2D eigenvalue weighted by Crippen LogP contribution is -2.55. The van der Waals surface area contributed by atoms with Crippen LogP contribution >= 0.6 is 11.6 Å². The van der Waals surface area contributed by atoms with Gasteiger partial charge in [-0.1, -0.05) is 16.8 Å². The van der Waals surface area contributed by atoms with Crippen LogP contribution in [0.2, 0.25) is 5.02 Å². The van der Waals surface area contributed by atoms with Crippen LogP contribution in [0, 0.1) is 12.7 Å². The lowest BCUT2D eigenvalue weighted by molar-refractivity contribution is 0.0374. The molecule has 2 fully saturated rings. The zero-order chi connectivity index (χ0) is 32.2. The summed E-state index contributed by atoms with van der Waals surface area (Å²) in [5.41, 5.74) is 7.92. The van der Waals surface area contributed by atoms with Crippen molar-refractivity contribution in [2.75, 3.05) is 75.5 Å². The van der Waals surface area contributed by atoms with Crippen LogP contribution in [0.5, 0.6) is 0 Å². The van der Waals surface area contributed by atoms with Gasteiger partial charge in [-0.2, -0.15) is 0 Å². The van der Waals surface area contributed by atoms with E-state index < -0.39 is 11.7 Å². The fraction of sp³-hybridized carbons (Fsp3) is 0.484. The summed E-state index contributed by atoms with van der Waals surface area (Å²) in [4.78, 5) is 33.2. The maximum Gasteiger partial charge on any atom is 0.273 e. The van der Waals surface area contributed by atoms with Crippen LogP contribution in [-0.2, 0) is 4.74 Å². The molecule has 14 heteroatoms. The van der Waals surface area contributed by atoms with Gasteiger partial charge in [-0.15, -0.1) is 5.10 Å². The number of nitrogens with two attached hydrogens (primary N) is 1. The second kappa shape index (κ2) is 14.1. The lowest BCUT2D eigenvalue weighted by Gasteiger charge is -2.44. The number of hydrogen-bond acceptors (Lipinski definition) is 9. The number of halogens is 2. The molecule has 0 spiro atoms. The van der Waals surface area contributed by atoms with Crippen molar-refractivity contribution in [2.24, 2.45) is 0 Å². The molecule has 2 atom stereocenters. The molecule has 2 aromatic carbocycles. The van der Waals surface area contributed by atoms with Gasteiger partial charge < -0.3 is 26.0 Å². The van der Waals surface area contributed by atoms with Gasteiger partial charge in [0.15, 0.2) is 11.5 Å². The van der Waals surface area contributed by atoms with E-state index in [-0.39, 0.29) is 45.5 Å². The summed E-state index contributed by atoms with van der Waals surface area (Å²) in [6.45, 7) is 12.0. The molecule has 2 aliphatic rings. The van der Waals surface area contributed by atoms with Gasteiger partial charge in [0.25, 0.3) is 11.8 Å². The Kier molecular flexibility index (Phi) is 10.2. The minimum atomic E-state index is -0.650. The largest absolute Gasteiger partial charge is 0.396 e. The normalized spacial score (nSPS) is 19.5. The highest BCUT2D eigenvalue weighted by atomic mass is 35.5. The van der Waals surface area contributed by atoms with Crippen LogP contribution in [0.1, 0.15) is 46.7 Å². The number of amides is 2. The predicted molar refractivity (Wildman–Crippen MR) is 173 cm³/mol.